The lowest BCUT2D eigenvalue weighted by molar-refractivity contribution is 0.610. The molecular weight excluding hydrogens is 385 g/mol. The van der Waals surface area contributed by atoms with Crippen molar-refractivity contribution in [3.05, 3.63) is 82.8 Å². The minimum atomic E-state index is -0.438. The largest absolute Gasteiger partial charge is 0.319 e. The molecule has 1 aromatic carbocycles. The third-order valence-electron chi connectivity index (χ3n) is 4.59. The number of halogens is 1. The smallest absolute Gasteiger partial charge is 0.293 e. The second-order valence-corrected chi connectivity index (χ2v) is 6.59. The predicted molar refractivity (Wildman–Crippen MR) is 110 cm³/mol. The van der Waals surface area contributed by atoms with Crippen molar-refractivity contribution in [1.29, 1.82) is 0 Å². The van der Waals surface area contributed by atoms with Crippen LogP contribution in [-0.2, 0) is 0 Å². The Labute approximate surface area is 169 Å². The zero-order valence-corrected chi connectivity index (χ0v) is 15.7. The molecule has 0 fully saturated rings. The molecule has 0 atom stereocenters. The van der Waals surface area contributed by atoms with Crippen molar-refractivity contribution in [3.8, 4) is 11.4 Å². The van der Waals surface area contributed by atoms with Gasteiger partial charge in [0, 0.05) is 23.3 Å². The second-order valence-electron chi connectivity index (χ2n) is 6.59. The summed E-state index contributed by atoms with van der Waals surface area (Å²) in [4.78, 5) is 29.3. The molecule has 146 valence electrons. The summed E-state index contributed by atoms with van der Waals surface area (Å²) in [5.41, 5.74) is 1.72. The van der Waals surface area contributed by atoms with Crippen LogP contribution in [0.5, 0.6) is 0 Å². The third-order valence-corrected chi connectivity index (χ3v) is 4.59. The first kappa shape index (κ1) is 17.8. The number of nitrogens with zero attached hydrogens (tertiary/aromatic N) is 6. The fraction of sp³-hybridized carbons (Fsp3) is 0.0476. The molecule has 4 heterocycles. The van der Waals surface area contributed by atoms with E-state index in [4.69, 9.17) is 0 Å². The number of aryl methyl sites for hydroxylation is 1. The van der Waals surface area contributed by atoms with Crippen LogP contribution in [-0.4, -0.2) is 29.5 Å². The summed E-state index contributed by atoms with van der Waals surface area (Å²) < 4.78 is 15.5. The molecule has 0 aliphatic heterocycles. The van der Waals surface area contributed by atoms with E-state index in [2.05, 4.69) is 30.4 Å². The van der Waals surface area contributed by atoms with Crippen LogP contribution in [0, 0.1) is 12.7 Å². The molecule has 0 aliphatic rings. The van der Waals surface area contributed by atoms with Crippen LogP contribution < -0.4 is 10.9 Å². The summed E-state index contributed by atoms with van der Waals surface area (Å²) in [6, 6.07) is 13.7. The standard InChI is InChI=1S/C21H14FN7O/c1-12-15(22)10-13(11-24-12)18-27-19-14-6-2-3-7-16(14)25-21(29(19)28-18)26-17-8-4-5-9-23-20(17)30/h2-11H,1H3,(H,23,25,26,30). The monoisotopic (exact) mass is 399 g/mol. The molecule has 0 saturated heterocycles. The summed E-state index contributed by atoms with van der Waals surface area (Å²) >= 11 is 0. The Balaban J connectivity index is 1.75. The van der Waals surface area contributed by atoms with Gasteiger partial charge in [-0.25, -0.2) is 19.3 Å². The summed E-state index contributed by atoms with van der Waals surface area (Å²) in [6.07, 6.45) is 2.94. The fourth-order valence-electron chi connectivity index (χ4n) is 3.06. The van der Waals surface area contributed by atoms with Crippen molar-refractivity contribution in [3.63, 3.8) is 0 Å². The Hall–Kier alpha value is -4.27. The first-order valence-electron chi connectivity index (χ1n) is 9.10. The van der Waals surface area contributed by atoms with Crippen molar-refractivity contribution in [1.82, 2.24) is 29.5 Å². The highest BCUT2D eigenvalue weighted by Crippen LogP contribution is 2.25. The molecule has 0 unspecified atom stereocenters. The van der Waals surface area contributed by atoms with Crippen molar-refractivity contribution in [2.45, 2.75) is 6.92 Å². The van der Waals surface area contributed by atoms with Crippen molar-refractivity contribution in [2.24, 2.45) is 0 Å². The average molecular weight is 399 g/mol. The Morgan fingerprint density at radius 3 is 2.73 bits per heavy atom. The topological polar surface area (TPSA) is 98.0 Å². The number of anilines is 2. The third kappa shape index (κ3) is 3.02. The molecule has 0 saturated carbocycles. The van der Waals surface area contributed by atoms with Crippen LogP contribution in [0.1, 0.15) is 5.69 Å². The Bertz CT molecular complexity index is 1480. The van der Waals surface area contributed by atoms with Gasteiger partial charge in [-0.15, -0.1) is 5.10 Å². The van der Waals surface area contributed by atoms with Gasteiger partial charge < -0.3 is 5.32 Å². The van der Waals surface area contributed by atoms with Gasteiger partial charge in [0.1, 0.15) is 11.5 Å². The number of para-hydroxylation sites is 1. The van der Waals surface area contributed by atoms with Crippen molar-refractivity contribution >= 4 is 28.2 Å². The SMILES string of the molecule is Cc1ncc(-c2nc3c4ccccc4nc(Nc4ccccnc4=O)n3n2)cc1F. The first-order valence-corrected chi connectivity index (χ1v) is 9.10. The number of fused-ring (bicyclic) bond motifs is 3. The maximum atomic E-state index is 14.0. The van der Waals surface area contributed by atoms with Gasteiger partial charge in [-0.1, -0.05) is 18.2 Å². The first-order chi connectivity index (χ1) is 14.6. The van der Waals surface area contributed by atoms with Crippen LogP contribution in [0.3, 0.4) is 0 Å². The van der Waals surface area contributed by atoms with Crippen molar-refractivity contribution < 1.29 is 4.39 Å². The van der Waals surface area contributed by atoms with Crippen LogP contribution in [0.4, 0.5) is 16.0 Å². The summed E-state index contributed by atoms with van der Waals surface area (Å²) in [7, 11) is 0. The lowest BCUT2D eigenvalue weighted by atomic mass is 10.2. The van der Waals surface area contributed by atoms with Crippen LogP contribution in [0.25, 0.3) is 27.9 Å². The molecule has 0 bridgehead atoms. The maximum Gasteiger partial charge on any atom is 0.293 e. The van der Waals surface area contributed by atoms with E-state index in [0.717, 1.165) is 5.39 Å². The van der Waals surface area contributed by atoms with E-state index in [-0.39, 0.29) is 11.6 Å². The van der Waals surface area contributed by atoms with E-state index in [1.54, 1.807) is 25.1 Å². The molecule has 1 N–H and O–H groups in total. The molecular formula is C21H14FN7O. The van der Waals surface area contributed by atoms with Gasteiger partial charge in [0.15, 0.2) is 11.5 Å². The number of hydrogen-bond donors (Lipinski definition) is 1. The van der Waals surface area contributed by atoms with Gasteiger partial charge in [-0.3, -0.25) is 9.78 Å². The highest BCUT2D eigenvalue weighted by atomic mass is 19.1. The quantitative estimate of drug-likeness (QED) is 0.497. The minimum Gasteiger partial charge on any atom is -0.319 e. The highest BCUT2D eigenvalue weighted by molar-refractivity contribution is 5.93. The molecule has 0 amide bonds. The molecule has 8 nitrogen and oxygen atoms in total. The second kappa shape index (κ2) is 6.96. The normalized spacial score (nSPS) is 11.1. The molecule has 0 aliphatic carbocycles. The molecule has 5 rings (SSSR count). The number of hydrogen-bond acceptors (Lipinski definition) is 7. The summed E-state index contributed by atoms with van der Waals surface area (Å²) in [5, 5.41) is 8.26. The highest BCUT2D eigenvalue weighted by Gasteiger charge is 2.16. The van der Waals surface area contributed by atoms with E-state index in [1.165, 1.54) is 23.0 Å². The fourth-order valence-corrected chi connectivity index (χ4v) is 3.06. The van der Waals surface area contributed by atoms with E-state index in [9.17, 15) is 9.18 Å². The average Bonchev–Trinajstić information content (AvgIpc) is 3.11. The zero-order chi connectivity index (χ0) is 20.7. The molecule has 30 heavy (non-hydrogen) atoms. The predicted octanol–water partition coefficient (Wildman–Crippen LogP) is 3.29. The lowest BCUT2D eigenvalue weighted by Crippen LogP contribution is -2.11. The van der Waals surface area contributed by atoms with Gasteiger partial charge in [-0.05, 0) is 37.3 Å². The van der Waals surface area contributed by atoms with Gasteiger partial charge in [0.25, 0.3) is 5.56 Å². The molecule has 4 aromatic heterocycles. The number of pyridine rings is 1. The molecule has 9 heteroatoms. The summed E-state index contributed by atoms with van der Waals surface area (Å²) in [6.45, 7) is 1.59. The molecule has 0 radical (unpaired) electrons. The van der Waals surface area contributed by atoms with E-state index in [1.807, 2.05) is 24.3 Å². The van der Waals surface area contributed by atoms with Gasteiger partial charge >= 0.3 is 0 Å². The van der Waals surface area contributed by atoms with Crippen LogP contribution >= 0.6 is 0 Å². The van der Waals surface area contributed by atoms with Crippen LogP contribution in [0.15, 0.2) is 65.7 Å². The summed E-state index contributed by atoms with van der Waals surface area (Å²) in [5.74, 6) is 0.140. The zero-order valence-electron chi connectivity index (χ0n) is 15.7. The number of nitrogens with one attached hydrogen (secondary N) is 1. The molecule has 5 aromatic rings. The Kier molecular flexibility index (Phi) is 4.13. The number of aromatic nitrogens is 6. The maximum absolute atomic E-state index is 14.0. The molecule has 0 spiro atoms. The van der Waals surface area contributed by atoms with Crippen LogP contribution in [0.2, 0.25) is 0 Å². The van der Waals surface area contributed by atoms with Gasteiger partial charge in [0.05, 0.1) is 11.2 Å². The minimum absolute atomic E-state index is 0.240. The lowest BCUT2D eigenvalue weighted by Gasteiger charge is -2.07. The van der Waals surface area contributed by atoms with Gasteiger partial charge in [0.2, 0.25) is 5.95 Å². The van der Waals surface area contributed by atoms with E-state index in [0.29, 0.717) is 28.2 Å². The number of benzene rings is 1. The van der Waals surface area contributed by atoms with E-state index >= 15 is 0 Å². The van der Waals surface area contributed by atoms with Crippen molar-refractivity contribution in [2.75, 3.05) is 5.32 Å². The van der Waals surface area contributed by atoms with Gasteiger partial charge in [-0.2, -0.15) is 4.52 Å². The Morgan fingerprint density at radius 2 is 1.87 bits per heavy atom. The van der Waals surface area contributed by atoms with E-state index < -0.39 is 11.4 Å². The number of rotatable bonds is 3. The Morgan fingerprint density at radius 1 is 1.03 bits per heavy atom.